The Bertz CT molecular complexity index is 505. The van der Waals surface area contributed by atoms with Gasteiger partial charge in [-0.25, -0.2) is 9.97 Å². The summed E-state index contributed by atoms with van der Waals surface area (Å²) in [5, 5.41) is 10.3. The first-order valence-electron chi connectivity index (χ1n) is 5.29. The summed E-state index contributed by atoms with van der Waals surface area (Å²) >= 11 is 0. The van der Waals surface area contributed by atoms with Gasteiger partial charge in [0, 0.05) is 25.9 Å². The number of aromatic nitrogens is 5. The Morgan fingerprint density at radius 2 is 2.18 bits per heavy atom. The lowest BCUT2D eigenvalue weighted by molar-refractivity contribution is 0.747. The molecule has 0 atom stereocenters. The molecule has 17 heavy (non-hydrogen) atoms. The number of nitrogens with one attached hydrogen (secondary N) is 2. The normalized spacial score (nSPS) is 10.3. The van der Waals surface area contributed by atoms with Gasteiger partial charge in [0.2, 0.25) is 5.95 Å². The van der Waals surface area contributed by atoms with Crippen LogP contribution in [0.25, 0.3) is 0 Å². The third-order valence-electron chi connectivity index (χ3n) is 2.26. The van der Waals surface area contributed by atoms with E-state index in [2.05, 4.69) is 30.7 Å². The van der Waals surface area contributed by atoms with Gasteiger partial charge in [-0.05, 0) is 6.92 Å². The van der Waals surface area contributed by atoms with Crippen LogP contribution in [0.2, 0.25) is 0 Å². The summed E-state index contributed by atoms with van der Waals surface area (Å²) in [7, 11) is 3.63. The number of hydrogen-bond acceptors (Lipinski definition) is 6. The Balaban J connectivity index is 2.07. The SMILES string of the molecule is CNc1ncc(C)c(NCc2ncn(C)n2)n1. The molecule has 0 aromatic carbocycles. The highest BCUT2D eigenvalue weighted by atomic mass is 15.3. The van der Waals surface area contributed by atoms with Crippen molar-refractivity contribution in [2.45, 2.75) is 13.5 Å². The fourth-order valence-corrected chi connectivity index (χ4v) is 1.37. The summed E-state index contributed by atoms with van der Waals surface area (Å²) in [5.74, 6) is 2.11. The second-order valence-corrected chi connectivity index (χ2v) is 3.66. The monoisotopic (exact) mass is 233 g/mol. The summed E-state index contributed by atoms with van der Waals surface area (Å²) in [6, 6.07) is 0. The molecule has 0 bridgehead atoms. The molecule has 0 aliphatic heterocycles. The molecule has 0 amide bonds. The van der Waals surface area contributed by atoms with Gasteiger partial charge in [0.25, 0.3) is 0 Å². The second kappa shape index (κ2) is 4.77. The Labute approximate surface area is 99.3 Å². The maximum Gasteiger partial charge on any atom is 0.224 e. The van der Waals surface area contributed by atoms with Gasteiger partial charge in [0.1, 0.15) is 12.1 Å². The van der Waals surface area contributed by atoms with Crippen molar-refractivity contribution in [2.75, 3.05) is 17.7 Å². The van der Waals surface area contributed by atoms with E-state index in [1.807, 2.05) is 14.0 Å². The largest absolute Gasteiger partial charge is 0.362 e. The van der Waals surface area contributed by atoms with E-state index in [9.17, 15) is 0 Å². The van der Waals surface area contributed by atoms with E-state index in [0.717, 1.165) is 17.2 Å². The molecule has 0 fully saturated rings. The third-order valence-corrected chi connectivity index (χ3v) is 2.26. The summed E-state index contributed by atoms with van der Waals surface area (Å²) < 4.78 is 1.67. The highest BCUT2D eigenvalue weighted by Gasteiger charge is 2.04. The predicted octanol–water partition coefficient (Wildman–Crippen LogP) is 0.567. The van der Waals surface area contributed by atoms with Crippen molar-refractivity contribution in [3.05, 3.63) is 23.9 Å². The smallest absolute Gasteiger partial charge is 0.224 e. The number of aryl methyl sites for hydroxylation is 2. The molecule has 2 N–H and O–H groups in total. The van der Waals surface area contributed by atoms with Crippen LogP contribution < -0.4 is 10.6 Å². The van der Waals surface area contributed by atoms with E-state index in [1.165, 1.54) is 0 Å². The van der Waals surface area contributed by atoms with E-state index in [-0.39, 0.29) is 0 Å². The minimum Gasteiger partial charge on any atom is -0.362 e. The zero-order chi connectivity index (χ0) is 12.3. The standard InChI is InChI=1S/C10H15N7/c1-7-4-13-10(11-2)15-9(7)12-5-8-14-6-17(3)16-8/h4,6H,5H2,1-3H3,(H2,11,12,13,15). The molecule has 0 radical (unpaired) electrons. The van der Waals surface area contributed by atoms with Crippen molar-refractivity contribution >= 4 is 11.8 Å². The molecule has 2 aromatic heterocycles. The first-order valence-corrected chi connectivity index (χ1v) is 5.29. The molecule has 0 unspecified atom stereocenters. The summed E-state index contributed by atoms with van der Waals surface area (Å²) in [4.78, 5) is 12.6. The molecule has 0 spiro atoms. The van der Waals surface area contributed by atoms with E-state index in [1.54, 1.807) is 24.3 Å². The van der Waals surface area contributed by atoms with Crippen LogP contribution in [0.15, 0.2) is 12.5 Å². The first kappa shape index (κ1) is 11.3. The molecule has 0 saturated heterocycles. The van der Waals surface area contributed by atoms with Crippen LogP contribution in [-0.4, -0.2) is 31.8 Å². The number of hydrogen-bond donors (Lipinski definition) is 2. The van der Waals surface area contributed by atoms with Gasteiger partial charge in [-0.2, -0.15) is 10.1 Å². The van der Waals surface area contributed by atoms with E-state index in [0.29, 0.717) is 12.5 Å². The van der Waals surface area contributed by atoms with Gasteiger partial charge in [-0.1, -0.05) is 0 Å². The van der Waals surface area contributed by atoms with Crippen LogP contribution in [0, 0.1) is 6.92 Å². The molecule has 0 aliphatic carbocycles. The van der Waals surface area contributed by atoms with Crippen molar-refractivity contribution in [2.24, 2.45) is 7.05 Å². The Morgan fingerprint density at radius 1 is 1.35 bits per heavy atom. The molecule has 90 valence electrons. The predicted molar refractivity (Wildman–Crippen MR) is 64.6 cm³/mol. The van der Waals surface area contributed by atoms with Gasteiger partial charge in [0.15, 0.2) is 5.82 Å². The zero-order valence-electron chi connectivity index (χ0n) is 10.1. The molecular formula is C10H15N7. The highest BCUT2D eigenvalue weighted by molar-refractivity contribution is 5.46. The molecule has 2 rings (SSSR count). The second-order valence-electron chi connectivity index (χ2n) is 3.66. The minimum absolute atomic E-state index is 0.543. The summed E-state index contributed by atoms with van der Waals surface area (Å²) in [5.41, 5.74) is 0.986. The van der Waals surface area contributed by atoms with Gasteiger partial charge in [-0.3, -0.25) is 4.68 Å². The highest BCUT2D eigenvalue weighted by Crippen LogP contribution is 2.12. The number of anilines is 2. The zero-order valence-corrected chi connectivity index (χ0v) is 10.1. The maximum absolute atomic E-state index is 4.32. The van der Waals surface area contributed by atoms with Gasteiger partial charge in [-0.15, -0.1) is 0 Å². The maximum atomic E-state index is 4.32. The van der Waals surface area contributed by atoms with Crippen LogP contribution in [0.4, 0.5) is 11.8 Å². The van der Waals surface area contributed by atoms with Crippen LogP contribution in [0.1, 0.15) is 11.4 Å². The van der Waals surface area contributed by atoms with Crippen LogP contribution in [-0.2, 0) is 13.6 Å². The van der Waals surface area contributed by atoms with Crippen LogP contribution >= 0.6 is 0 Å². The van der Waals surface area contributed by atoms with E-state index >= 15 is 0 Å². The van der Waals surface area contributed by atoms with Crippen molar-refractivity contribution in [3.63, 3.8) is 0 Å². The van der Waals surface area contributed by atoms with E-state index < -0.39 is 0 Å². The van der Waals surface area contributed by atoms with Gasteiger partial charge in [0.05, 0.1) is 6.54 Å². The Morgan fingerprint density at radius 3 is 2.82 bits per heavy atom. The Kier molecular flexibility index (Phi) is 3.17. The molecule has 0 aliphatic rings. The molecular weight excluding hydrogens is 218 g/mol. The lowest BCUT2D eigenvalue weighted by atomic mass is 10.3. The number of nitrogens with zero attached hydrogens (tertiary/aromatic N) is 5. The average molecular weight is 233 g/mol. The third kappa shape index (κ3) is 2.68. The van der Waals surface area contributed by atoms with Crippen molar-refractivity contribution < 1.29 is 0 Å². The molecule has 7 heteroatoms. The fraction of sp³-hybridized carbons (Fsp3) is 0.400. The van der Waals surface area contributed by atoms with Crippen molar-refractivity contribution in [1.29, 1.82) is 0 Å². The number of rotatable bonds is 4. The topological polar surface area (TPSA) is 80.5 Å². The summed E-state index contributed by atoms with van der Waals surface area (Å²) in [6.07, 6.45) is 3.44. The Hall–Kier alpha value is -2.18. The van der Waals surface area contributed by atoms with E-state index in [4.69, 9.17) is 0 Å². The molecule has 2 heterocycles. The van der Waals surface area contributed by atoms with Gasteiger partial charge < -0.3 is 10.6 Å². The molecule has 0 saturated carbocycles. The average Bonchev–Trinajstić information content (AvgIpc) is 2.74. The quantitative estimate of drug-likeness (QED) is 0.803. The van der Waals surface area contributed by atoms with Crippen molar-refractivity contribution in [3.8, 4) is 0 Å². The first-order chi connectivity index (χ1) is 8.19. The van der Waals surface area contributed by atoms with Crippen LogP contribution in [0.3, 0.4) is 0 Å². The van der Waals surface area contributed by atoms with Crippen molar-refractivity contribution in [1.82, 2.24) is 24.7 Å². The molecule has 2 aromatic rings. The lowest BCUT2D eigenvalue weighted by Crippen LogP contribution is -2.07. The van der Waals surface area contributed by atoms with Gasteiger partial charge >= 0.3 is 0 Å². The summed E-state index contributed by atoms with van der Waals surface area (Å²) in [6.45, 7) is 2.50. The fourth-order valence-electron chi connectivity index (χ4n) is 1.37. The minimum atomic E-state index is 0.543. The van der Waals surface area contributed by atoms with Crippen LogP contribution in [0.5, 0.6) is 0 Å². The molecule has 7 nitrogen and oxygen atoms in total. The lowest BCUT2D eigenvalue weighted by Gasteiger charge is -2.07.